The van der Waals surface area contributed by atoms with Crippen molar-refractivity contribution in [1.82, 2.24) is 14.5 Å². The quantitative estimate of drug-likeness (QED) is 0.321. The third kappa shape index (κ3) is 5.59. The van der Waals surface area contributed by atoms with Gasteiger partial charge in [-0.2, -0.15) is 0 Å². The Morgan fingerprint density at radius 3 is 2.23 bits per heavy atom. The molecule has 0 atom stereocenters. The van der Waals surface area contributed by atoms with E-state index in [1.54, 1.807) is 62.2 Å². The van der Waals surface area contributed by atoms with Gasteiger partial charge in [0, 0.05) is 42.3 Å². The highest BCUT2D eigenvalue weighted by molar-refractivity contribution is 6.06. The second-order valence-corrected chi connectivity index (χ2v) is 8.07. The predicted octanol–water partition coefficient (Wildman–Crippen LogP) is 4.23. The molecule has 3 aromatic rings. The van der Waals surface area contributed by atoms with Gasteiger partial charge in [0.2, 0.25) is 0 Å². The van der Waals surface area contributed by atoms with Crippen LogP contribution in [0.25, 0.3) is 0 Å². The number of carbonyl (C=O) groups is 3. The van der Waals surface area contributed by atoms with Crippen molar-refractivity contribution in [3.05, 3.63) is 82.4 Å². The van der Waals surface area contributed by atoms with Gasteiger partial charge >= 0.3 is 5.97 Å². The van der Waals surface area contributed by atoms with E-state index in [0.717, 1.165) is 5.56 Å². The molecule has 1 amide bonds. The Kier molecular flexibility index (Phi) is 8.41. The minimum absolute atomic E-state index is 0.148. The fraction of sp³-hybridized carbons (Fsp3) is 0.333. The molecule has 0 N–H and O–H groups in total. The summed E-state index contributed by atoms with van der Waals surface area (Å²) in [5, 5.41) is 0. The highest BCUT2D eigenvalue weighted by Crippen LogP contribution is 2.25. The van der Waals surface area contributed by atoms with Crippen LogP contribution >= 0.6 is 0 Å². The Morgan fingerprint density at radius 1 is 1.00 bits per heavy atom. The average molecular weight is 478 g/mol. The number of nitrogens with zero attached hydrogens (tertiary/aromatic N) is 3. The zero-order valence-electron chi connectivity index (χ0n) is 20.8. The summed E-state index contributed by atoms with van der Waals surface area (Å²) in [5.41, 5.74) is 3.35. The molecule has 0 aliphatic rings. The summed E-state index contributed by atoms with van der Waals surface area (Å²) >= 11 is 0. The van der Waals surface area contributed by atoms with E-state index in [2.05, 4.69) is 4.98 Å². The SMILES string of the molecule is CCOC(=O)c1c(C)c(C(=O)CN(Cc2ccncc2)C(=O)c2ccc(OC)cc2)c(C)n1CC. The van der Waals surface area contributed by atoms with Crippen LogP contribution in [-0.4, -0.2) is 52.4 Å². The summed E-state index contributed by atoms with van der Waals surface area (Å²) in [5.74, 6) is -0.351. The summed E-state index contributed by atoms with van der Waals surface area (Å²) in [4.78, 5) is 45.2. The Bertz CT molecular complexity index is 1200. The lowest BCUT2D eigenvalue weighted by Crippen LogP contribution is -2.35. The van der Waals surface area contributed by atoms with Crippen LogP contribution < -0.4 is 4.74 Å². The first kappa shape index (κ1) is 25.7. The molecule has 0 unspecified atom stereocenters. The van der Waals surface area contributed by atoms with Crippen LogP contribution in [0.2, 0.25) is 0 Å². The van der Waals surface area contributed by atoms with Crippen molar-refractivity contribution < 1.29 is 23.9 Å². The van der Waals surface area contributed by atoms with Gasteiger partial charge in [0.25, 0.3) is 5.91 Å². The Morgan fingerprint density at radius 2 is 1.66 bits per heavy atom. The van der Waals surface area contributed by atoms with E-state index >= 15 is 0 Å². The maximum Gasteiger partial charge on any atom is 0.355 e. The topological polar surface area (TPSA) is 90.7 Å². The van der Waals surface area contributed by atoms with Crippen molar-refractivity contribution in [3.8, 4) is 5.75 Å². The second-order valence-electron chi connectivity index (χ2n) is 8.07. The Balaban J connectivity index is 1.97. The molecule has 0 spiro atoms. The molecule has 3 rings (SSSR count). The molecule has 0 aliphatic heterocycles. The van der Waals surface area contributed by atoms with Gasteiger partial charge in [0.15, 0.2) is 5.78 Å². The van der Waals surface area contributed by atoms with Crippen LogP contribution in [0.1, 0.15) is 61.9 Å². The van der Waals surface area contributed by atoms with Crippen molar-refractivity contribution in [1.29, 1.82) is 0 Å². The first-order chi connectivity index (χ1) is 16.8. The van der Waals surface area contributed by atoms with Crippen LogP contribution in [0, 0.1) is 13.8 Å². The maximum absolute atomic E-state index is 13.6. The summed E-state index contributed by atoms with van der Waals surface area (Å²) in [6, 6.07) is 10.4. The maximum atomic E-state index is 13.6. The molecular weight excluding hydrogens is 446 g/mol. The molecule has 184 valence electrons. The monoisotopic (exact) mass is 477 g/mol. The van der Waals surface area contributed by atoms with Crippen LogP contribution in [0.5, 0.6) is 5.75 Å². The number of hydrogen-bond donors (Lipinski definition) is 0. The number of rotatable bonds is 10. The molecule has 0 saturated heterocycles. The summed E-state index contributed by atoms with van der Waals surface area (Å²) < 4.78 is 12.2. The number of carbonyl (C=O) groups excluding carboxylic acids is 3. The molecule has 8 heteroatoms. The van der Waals surface area contributed by atoms with E-state index in [4.69, 9.17) is 9.47 Å². The van der Waals surface area contributed by atoms with Gasteiger partial charge in [0.05, 0.1) is 20.3 Å². The molecule has 0 bridgehead atoms. The number of aromatic nitrogens is 2. The van der Waals surface area contributed by atoms with Gasteiger partial charge in [0.1, 0.15) is 11.4 Å². The second kappa shape index (κ2) is 11.5. The molecule has 2 heterocycles. The largest absolute Gasteiger partial charge is 0.497 e. The van der Waals surface area contributed by atoms with Gasteiger partial charge in [-0.25, -0.2) is 4.79 Å². The molecule has 8 nitrogen and oxygen atoms in total. The first-order valence-corrected chi connectivity index (χ1v) is 11.5. The van der Waals surface area contributed by atoms with Gasteiger partial charge in [-0.1, -0.05) is 0 Å². The molecule has 0 aliphatic carbocycles. The van der Waals surface area contributed by atoms with Crippen LogP contribution in [0.15, 0.2) is 48.8 Å². The smallest absolute Gasteiger partial charge is 0.355 e. The van der Waals surface area contributed by atoms with Crippen LogP contribution in [0.4, 0.5) is 0 Å². The van der Waals surface area contributed by atoms with Gasteiger partial charge in [-0.15, -0.1) is 0 Å². The number of hydrogen-bond acceptors (Lipinski definition) is 6. The van der Waals surface area contributed by atoms with Gasteiger partial charge in [-0.3, -0.25) is 14.6 Å². The number of amides is 1. The van der Waals surface area contributed by atoms with Gasteiger partial charge in [-0.05, 0) is 75.2 Å². The van der Waals surface area contributed by atoms with E-state index in [0.29, 0.717) is 40.4 Å². The number of Topliss-reactive ketones (excluding diaryl/α,β-unsaturated/α-hetero) is 1. The van der Waals surface area contributed by atoms with Crippen LogP contribution in [-0.2, 0) is 17.8 Å². The summed E-state index contributed by atoms with van der Waals surface area (Å²) in [7, 11) is 1.56. The Hall–Kier alpha value is -3.94. The number of ketones is 1. The lowest BCUT2D eigenvalue weighted by molar-refractivity contribution is 0.0512. The normalized spacial score (nSPS) is 10.7. The predicted molar refractivity (Wildman–Crippen MR) is 132 cm³/mol. The summed E-state index contributed by atoms with van der Waals surface area (Å²) in [6.45, 7) is 8.05. The molecular formula is C27H31N3O5. The number of pyridine rings is 1. The third-order valence-electron chi connectivity index (χ3n) is 5.91. The van der Waals surface area contributed by atoms with Crippen molar-refractivity contribution >= 4 is 17.7 Å². The number of esters is 1. The molecule has 35 heavy (non-hydrogen) atoms. The molecule has 0 saturated carbocycles. The zero-order valence-corrected chi connectivity index (χ0v) is 20.8. The number of ether oxygens (including phenoxy) is 2. The lowest BCUT2D eigenvalue weighted by Gasteiger charge is -2.23. The first-order valence-electron chi connectivity index (χ1n) is 11.5. The minimum Gasteiger partial charge on any atom is -0.497 e. The average Bonchev–Trinajstić information content (AvgIpc) is 3.13. The lowest BCUT2D eigenvalue weighted by atomic mass is 10.0. The van der Waals surface area contributed by atoms with Crippen molar-refractivity contribution in [2.45, 2.75) is 40.8 Å². The summed E-state index contributed by atoms with van der Waals surface area (Å²) in [6.07, 6.45) is 3.29. The minimum atomic E-state index is -0.461. The van der Waals surface area contributed by atoms with Crippen molar-refractivity contribution in [3.63, 3.8) is 0 Å². The fourth-order valence-corrected chi connectivity index (χ4v) is 4.24. The van der Waals surface area contributed by atoms with Gasteiger partial charge < -0.3 is 18.9 Å². The molecule has 0 fully saturated rings. The molecule has 0 radical (unpaired) electrons. The van der Waals surface area contributed by atoms with E-state index in [1.807, 2.05) is 26.0 Å². The zero-order chi connectivity index (χ0) is 25.5. The third-order valence-corrected chi connectivity index (χ3v) is 5.91. The standard InChI is InChI=1S/C27H31N3O5/c1-6-30-19(4)24(18(3)25(30)27(33)35-7-2)23(31)17-29(16-20-12-14-28-15-13-20)26(32)21-8-10-22(34-5)11-9-21/h8-15H,6-7,16-17H2,1-5H3. The highest BCUT2D eigenvalue weighted by atomic mass is 16.5. The Labute approximate surface area is 205 Å². The van der Waals surface area contributed by atoms with Crippen molar-refractivity contribution in [2.75, 3.05) is 20.3 Å². The highest BCUT2D eigenvalue weighted by Gasteiger charge is 2.28. The number of methoxy groups -OCH3 is 1. The fourth-order valence-electron chi connectivity index (χ4n) is 4.24. The molecule has 1 aromatic carbocycles. The van der Waals surface area contributed by atoms with E-state index in [1.165, 1.54) is 4.90 Å². The van der Waals surface area contributed by atoms with Crippen LogP contribution in [0.3, 0.4) is 0 Å². The van der Waals surface area contributed by atoms with E-state index in [-0.39, 0.29) is 31.4 Å². The number of benzene rings is 1. The molecule has 2 aromatic heterocycles. The van der Waals surface area contributed by atoms with E-state index < -0.39 is 5.97 Å². The van der Waals surface area contributed by atoms with E-state index in [9.17, 15) is 14.4 Å². The van der Waals surface area contributed by atoms with Crippen molar-refractivity contribution in [2.24, 2.45) is 0 Å².